The summed E-state index contributed by atoms with van der Waals surface area (Å²) < 4.78 is 7.42. The lowest BCUT2D eigenvalue weighted by molar-refractivity contribution is 0.104. The highest BCUT2D eigenvalue weighted by Gasteiger charge is 1.99. The van der Waals surface area contributed by atoms with E-state index in [9.17, 15) is 0 Å². The van der Waals surface area contributed by atoms with Crippen LogP contribution in [0.3, 0.4) is 0 Å². The van der Waals surface area contributed by atoms with E-state index in [0.29, 0.717) is 5.92 Å². The van der Waals surface area contributed by atoms with E-state index in [4.69, 9.17) is 4.74 Å². The third-order valence-corrected chi connectivity index (χ3v) is 2.22. The maximum Gasteiger partial charge on any atom is 0.0827 e. The van der Waals surface area contributed by atoms with E-state index in [1.165, 1.54) is 0 Å². The topological polar surface area (TPSA) is 39.9 Å². The van der Waals surface area contributed by atoms with Crippen LogP contribution in [-0.2, 0) is 17.7 Å². The van der Waals surface area contributed by atoms with Crippen LogP contribution in [0.15, 0.2) is 6.20 Å². The van der Waals surface area contributed by atoms with Crippen molar-refractivity contribution in [2.75, 3.05) is 13.2 Å². The summed E-state index contributed by atoms with van der Waals surface area (Å²) in [6.45, 7) is 9.02. The Morgan fingerprint density at radius 1 is 1.44 bits per heavy atom. The maximum atomic E-state index is 5.51. The summed E-state index contributed by atoms with van der Waals surface area (Å²) in [7, 11) is 0. The third kappa shape index (κ3) is 5.26. The second-order valence-corrected chi connectivity index (χ2v) is 4.55. The van der Waals surface area contributed by atoms with E-state index in [2.05, 4.69) is 31.1 Å². The Kier molecular flexibility index (Phi) is 6.08. The van der Waals surface area contributed by atoms with Gasteiger partial charge in [-0.05, 0) is 18.8 Å². The van der Waals surface area contributed by atoms with Gasteiger partial charge in [0.2, 0.25) is 0 Å². The molecule has 0 fully saturated rings. The lowest BCUT2D eigenvalue weighted by atomic mass is 10.2. The highest BCUT2D eigenvalue weighted by Crippen LogP contribution is 1.99. The van der Waals surface area contributed by atoms with Gasteiger partial charge in [-0.1, -0.05) is 32.4 Å². The molecular formula is C12H23N3O. The number of aryl methyl sites for hydroxylation is 2. The number of nitrogens with zero attached hydrogens (tertiary/aromatic N) is 3. The minimum absolute atomic E-state index is 0.613. The van der Waals surface area contributed by atoms with Crippen molar-refractivity contribution in [3.8, 4) is 0 Å². The Labute approximate surface area is 98.0 Å². The lowest BCUT2D eigenvalue weighted by Gasteiger charge is -2.06. The average Bonchev–Trinajstić information content (AvgIpc) is 2.65. The molecule has 92 valence electrons. The molecule has 0 N–H and O–H groups in total. The van der Waals surface area contributed by atoms with Crippen molar-refractivity contribution in [3.05, 3.63) is 11.9 Å². The summed E-state index contributed by atoms with van der Waals surface area (Å²) in [6.07, 6.45) is 5.17. The summed E-state index contributed by atoms with van der Waals surface area (Å²) in [4.78, 5) is 0. The second kappa shape index (κ2) is 7.39. The molecular weight excluding hydrogens is 202 g/mol. The molecule has 0 amide bonds. The van der Waals surface area contributed by atoms with Gasteiger partial charge in [-0.25, -0.2) is 0 Å². The monoisotopic (exact) mass is 225 g/mol. The van der Waals surface area contributed by atoms with Crippen LogP contribution in [0.4, 0.5) is 0 Å². The first kappa shape index (κ1) is 13.2. The van der Waals surface area contributed by atoms with Crippen LogP contribution in [0.2, 0.25) is 0 Å². The quantitative estimate of drug-likeness (QED) is 0.637. The smallest absolute Gasteiger partial charge is 0.0827 e. The van der Waals surface area contributed by atoms with E-state index in [1.54, 1.807) is 0 Å². The molecule has 0 aliphatic carbocycles. The number of aromatic nitrogens is 3. The van der Waals surface area contributed by atoms with Gasteiger partial charge < -0.3 is 4.74 Å². The van der Waals surface area contributed by atoms with Gasteiger partial charge in [0.15, 0.2) is 0 Å². The van der Waals surface area contributed by atoms with Gasteiger partial charge in [0.1, 0.15) is 0 Å². The van der Waals surface area contributed by atoms with Gasteiger partial charge in [-0.2, -0.15) is 0 Å². The molecule has 0 radical (unpaired) electrons. The van der Waals surface area contributed by atoms with Crippen LogP contribution < -0.4 is 0 Å². The van der Waals surface area contributed by atoms with Crippen molar-refractivity contribution in [2.45, 2.75) is 46.6 Å². The summed E-state index contributed by atoms with van der Waals surface area (Å²) >= 11 is 0. The Hall–Kier alpha value is -0.900. The second-order valence-electron chi connectivity index (χ2n) is 4.55. The van der Waals surface area contributed by atoms with Gasteiger partial charge in [0.25, 0.3) is 0 Å². The molecule has 0 spiro atoms. The van der Waals surface area contributed by atoms with Crippen molar-refractivity contribution >= 4 is 0 Å². The largest absolute Gasteiger partial charge is 0.381 e. The van der Waals surface area contributed by atoms with E-state index >= 15 is 0 Å². The fourth-order valence-corrected chi connectivity index (χ4v) is 1.47. The summed E-state index contributed by atoms with van der Waals surface area (Å²) in [5.74, 6) is 0.613. The van der Waals surface area contributed by atoms with E-state index in [1.807, 2.05) is 10.9 Å². The Balaban J connectivity index is 2.12. The number of ether oxygens (including phenoxy) is 1. The van der Waals surface area contributed by atoms with Crippen molar-refractivity contribution in [3.63, 3.8) is 0 Å². The molecule has 1 aromatic heterocycles. The minimum Gasteiger partial charge on any atom is -0.381 e. The van der Waals surface area contributed by atoms with Crippen LogP contribution in [0.1, 0.15) is 39.3 Å². The van der Waals surface area contributed by atoms with Crippen LogP contribution in [0, 0.1) is 5.92 Å². The fraction of sp³-hybridized carbons (Fsp3) is 0.833. The molecule has 1 rings (SSSR count). The number of hydrogen-bond donors (Lipinski definition) is 0. The number of hydrogen-bond acceptors (Lipinski definition) is 3. The number of rotatable bonds is 8. The average molecular weight is 225 g/mol. The summed E-state index contributed by atoms with van der Waals surface area (Å²) in [5, 5.41) is 8.18. The fourth-order valence-electron chi connectivity index (χ4n) is 1.47. The first-order valence-electron chi connectivity index (χ1n) is 6.19. The highest BCUT2D eigenvalue weighted by atomic mass is 16.5. The molecule has 1 aromatic rings. The van der Waals surface area contributed by atoms with Gasteiger partial charge in [-0.3, -0.25) is 4.68 Å². The zero-order valence-corrected chi connectivity index (χ0v) is 10.6. The van der Waals surface area contributed by atoms with Gasteiger partial charge in [0, 0.05) is 26.0 Å². The minimum atomic E-state index is 0.613. The van der Waals surface area contributed by atoms with Crippen molar-refractivity contribution in [1.29, 1.82) is 0 Å². The molecule has 1 heterocycles. The SMILES string of the molecule is CCCc1cn(CCCOCC(C)C)nn1. The van der Waals surface area contributed by atoms with Gasteiger partial charge in [-0.15, -0.1) is 5.10 Å². The molecule has 0 aliphatic rings. The van der Waals surface area contributed by atoms with Crippen molar-refractivity contribution in [1.82, 2.24) is 15.0 Å². The first-order valence-corrected chi connectivity index (χ1v) is 6.19. The van der Waals surface area contributed by atoms with Crippen LogP contribution in [0.25, 0.3) is 0 Å². The molecule has 0 unspecified atom stereocenters. The molecule has 0 saturated heterocycles. The Bertz CT molecular complexity index is 284. The van der Waals surface area contributed by atoms with Crippen molar-refractivity contribution in [2.24, 2.45) is 5.92 Å². The molecule has 4 heteroatoms. The summed E-state index contributed by atoms with van der Waals surface area (Å²) in [6, 6.07) is 0. The standard InChI is InChI=1S/C12H23N3O/c1-4-6-12-9-15(14-13-12)7-5-8-16-10-11(2)3/h9,11H,4-8,10H2,1-3H3. The van der Waals surface area contributed by atoms with E-state index < -0.39 is 0 Å². The van der Waals surface area contributed by atoms with E-state index in [0.717, 1.165) is 44.7 Å². The Morgan fingerprint density at radius 2 is 2.25 bits per heavy atom. The first-order chi connectivity index (χ1) is 7.72. The predicted octanol–water partition coefficient (Wildman–Crippen LogP) is 2.29. The normalized spacial score (nSPS) is 11.2. The molecule has 0 aromatic carbocycles. The Morgan fingerprint density at radius 3 is 2.94 bits per heavy atom. The highest BCUT2D eigenvalue weighted by molar-refractivity contribution is 4.91. The van der Waals surface area contributed by atoms with Gasteiger partial charge >= 0.3 is 0 Å². The maximum absolute atomic E-state index is 5.51. The zero-order valence-electron chi connectivity index (χ0n) is 10.6. The molecule has 0 saturated carbocycles. The van der Waals surface area contributed by atoms with E-state index in [-0.39, 0.29) is 0 Å². The molecule has 0 atom stereocenters. The molecule has 16 heavy (non-hydrogen) atoms. The van der Waals surface area contributed by atoms with Crippen LogP contribution >= 0.6 is 0 Å². The third-order valence-electron chi connectivity index (χ3n) is 2.22. The van der Waals surface area contributed by atoms with Gasteiger partial charge in [0.05, 0.1) is 5.69 Å². The van der Waals surface area contributed by atoms with Crippen LogP contribution in [-0.4, -0.2) is 28.2 Å². The summed E-state index contributed by atoms with van der Waals surface area (Å²) in [5.41, 5.74) is 1.09. The predicted molar refractivity (Wildman–Crippen MR) is 64.3 cm³/mol. The zero-order chi connectivity index (χ0) is 11.8. The lowest BCUT2D eigenvalue weighted by Crippen LogP contribution is -2.06. The van der Waals surface area contributed by atoms with Crippen molar-refractivity contribution < 1.29 is 4.74 Å². The molecule has 0 aliphatic heterocycles. The molecule has 4 nitrogen and oxygen atoms in total. The van der Waals surface area contributed by atoms with Crippen LogP contribution in [0.5, 0.6) is 0 Å². The molecule has 0 bridgehead atoms.